The van der Waals surface area contributed by atoms with E-state index in [0.717, 1.165) is 18.0 Å². The third-order valence-electron chi connectivity index (χ3n) is 2.69. The van der Waals surface area contributed by atoms with Gasteiger partial charge in [-0.25, -0.2) is 0 Å². The molecule has 1 aliphatic carbocycles. The third-order valence-corrected chi connectivity index (χ3v) is 3.05. The van der Waals surface area contributed by atoms with E-state index in [-0.39, 0.29) is 5.69 Å². The maximum atomic E-state index is 10.6. The summed E-state index contributed by atoms with van der Waals surface area (Å²) in [4.78, 5) is 10.2. The Morgan fingerprint density at radius 1 is 1.50 bits per heavy atom. The van der Waals surface area contributed by atoms with Crippen molar-refractivity contribution in [2.45, 2.75) is 19.4 Å². The molecule has 1 aromatic rings. The molecule has 0 heterocycles. The van der Waals surface area contributed by atoms with E-state index in [1.54, 1.807) is 6.07 Å². The summed E-state index contributed by atoms with van der Waals surface area (Å²) >= 11 is 5.97. The molecular formula is C11H13ClN2O2. The fraction of sp³-hybridized carbons (Fsp3) is 0.455. The first-order valence-electron chi connectivity index (χ1n) is 5.30. The molecule has 4 nitrogen and oxygen atoms in total. The van der Waals surface area contributed by atoms with Gasteiger partial charge < -0.3 is 5.32 Å². The highest BCUT2D eigenvalue weighted by molar-refractivity contribution is 6.31. The van der Waals surface area contributed by atoms with Crippen molar-refractivity contribution in [1.29, 1.82) is 0 Å². The van der Waals surface area contributed by atoms with Gasteiger partial charge in [-0.3, -0.25) is 10.1 Å². The summed E-state index contributed by atoms with van der Waals surface area (Å²) in [7, 11) is 0. The zero-order valence-corrected chi connectivity index (χ0v) is 9.54. The molecule has 2 rings (SSSR count). The lowest BCUT2D eigenvalue weighted by Crippen LogP contribution is -2.16. The molecule has 5 heteroatoms. The maximum absolute atomic E-state index is 10.6. The van der Waals surface area contributed by atoms with Crippen LogP contribution in [0.5, 0.6) is 0 Å². The number of nitro benzene ring substituents is 1. The van der Waals surface area contributed by atoms with E-state index in [2.05, 4.69) is 5.32 Å². The molecule has 0 atom stereocenters. The van der Waals surface area contributed by atoms with E-state index in [0.29, 0.717) is 11.6 Å². The van der Waals surface area contributed by atoms with Crippen LogP contribution in [0.15, 0.2) is 18.2 Å². The van der Waals surface area contributed by atoms with Crippen LogP contribution in [0.3, 0.4) is 0 Å². The van der Waals surface area contributed by atoms with Crippen molar-refractivity contribution in [3.63, 3.8) is 0 Å². The average Bonchev–Trinajstić information content (AvgIpc) is 3.04. The van der Waals surface area contributed by atoms with E-state index in [1.807, 2.05) is 0 Å². The van der Waals surface area contributed by atoms with Crippen molar-refractivity contribution in [2.24, 2.45) is 5.92 Å². The van der Waals surface area contributed by atoms with Gasteiger partial charge in [-0.1, -0.05) is 11.6 Å². The van der Waals surface area contributed by atoms with Crippen molar-refractivity contribution in [2.75, 3.05) is 6.54 Å². The number of hydrogen-bond donors (Lipinski definition) is 1. The Balaban J connectivity index is 1.99. The minimum atomic E-state index is -0.402. The fourth-order valence-electron chi connectivity index (χ4n) is 1.54. The summed E-state index contributed by atoms with van der Waals surface area (Å²) in [6.45, 7) is 1.57. The highest BCUT2D eigenvalue weighted by Crippen LogP contribution is 2.28. The zero-order valence-electron chi connectivity index (χ0n) is 8.78. The number of nitrogens with one attached hydrogen (secondary N) is 1. The first-order valence-corrected chi connectivity index (χ1v) is 5.68. The third kappa shape index (κ3) is 2.93. The Morgan fingerprint density at radius 3 is 2.88 bits per heavy atom. The average molecular weight is 241 g/mol. The first-order chi connectivity index (χ1) is 7.66. The number of nitrogens with zero attached hydrogens (tertiary/aromatic N) is 1. The predicted molar refractivity (Wildman–Crippen MR) is 62.5 cm³/mol. The normalized spacial score (nSPS) is 15.1. The second-order valence-electron chi connectivity index (χ2n) is 4.11. The van der Waals surface area contributed by atoms with Crippen molar-refractivity contribution in [3.05, 3.63) is 38.9 Å². The summed E-state index contributed by atoms with van der Waals surface area (Å²) in [5.74, 6) is 0.789. The second kappa shape index (κ2) is 4.80. The lowest BCUT2D eigenvalue weighted by molar-refractivity contribution is -0.384. The van der Waals surface area contributed by atoms with Crippen LogP contribution < -0.4 is 5.32 Å². The van der Waals surface area contributed by atoms with Gasteiger partial charge in [0.25, 0.3) is 5.69 Å². The van der Waals surface area contributed by atoms with Gasteiger partial charge in [-0.05, 0) is 36.9 Å². The number of benzene rings is 1. The Bertz CT molecular complexity index is 405. The molecular weight excluding hydrogens is 228 g/mol. The van der Waals surface area contributed by atoms with Crippen LogP contribution in [0, 0.1) is 16.0 Å². The van der Waals surface area contributed by atoms with Crippen molar-refractivity contribution >= 4 is 17.3 Å². The lowest BCUT2D eigenvalue weighted by Gasteiger charge is -2.05. The molecule has 1 N–H and O–H groups in total. The summed E-state index contributed by atoms with van der Waals surface area (Å²) in [5.41, 5.74) is 0.879. The van der Waals surface area contributed by atoms with Crippen LogP contribution in [0.4, 0.5) is 5.69 Å². The Hall–Kier alpha value is -1.13. The maximum Gasteiger partial charge on any atom is 0.269 e. The second-order valence-corrected chi connectivity index (χ2v) is 4.51. The zero-order chi connectivity index (χ0) is 11.5. The van der Waals surface area contributed by atoms with Crippen LogP contribution in [-0.4, -0.2) is 11.5 Å². The minimum absolute atomic E-state index is 0.0904. The van der Waals surface area contributed by atoms with Crippen LogP contribution in [0.1, 0.15) is 18.4 Å². The number of rotatable bonds is 5. The van der Waals surface area contributed by atoms with Crippen LogP contribution in [-0.2, 0) is 6.54 Å². The molecule has 0 saturated heterocycles. The lowest BCUT2D eigenvalue weighted by atomic mass is 10.2. The Labute approximate surface area is 98.8 Å². The van der Waals surface area contributed by atoms with Crippen molar-refractivity contribution in [1.82, 2.24) is 5.32 Å². The van der Waals surface area contributed by atoms with Crippen LogP contribution in [0.2, 0.25) is 5.02 Å². The fourth-order valence-corrected chi connectivity index (χ4v) is 1.73. The SMILES string of the molecule is O=[N+]([O-])c1ccc(Cl)c(CNCC2CC2)c1. The van der Waals surface area contributed by atoms with Gasteiger partial charge in [0, 0.05) is 23.7 Å². The number of hydrogen-bond acceptors (Lipinski definition) is 3. The van der Waals surface area contributed by atoms with E-state index >= 15 is 0 Å². The van der Waals surface area contributed by atoms with Gasteiger partial charge in [-0.15, -0.1) is 0 Å². The van der Waals surface area contributed by atoms with Gasteiger partial charge in [0.1, 0.15) is 0 Å². The summed E-state index contributed by atoms with van der Waals surface area (Å²) < 4.78 is 0. The predicted octanol–water partition coefficient (Wildman–Crippen LogP) is 2.75. The molecule has 1 saturated carbocycles. The van der Waals surface area contributed by atoms with Crippen LogP contribution >= 0.6 is 11.6 Å². The largest absolute Gasteiger partial charge is 0.312 e. The highest BCUT2D eigenvalue weighted by Gasteiger charge is 2.20. The van der Waals surface area contributed by atoms with Gasteiger partial charge >= 0.3 is 0 Å². The van der Waals surface area contributed by atoms with Crippen molar-refractivity contribution in [3.8, 4) is 0 Å². The van der Waals surface area contributed by atoms with Gasteiger partial charge in [0.2, 0.25) is 0 Å². The molecule has 0 spiro atoms. The quantitative estimate of drug-likeness (QED) is 0.636. The van der Waals surface area contributed by atoms with Gasteiger partial charge in [-0.2, -0.15) is 0 Å². The Kier molecular flexibility index (Phi) is 3.41. The molecule has 1 aliphatic rings. The van der Waals surface area contributed by atoms with E-state index < -0.39 is 4.92 Å². The Morgan fingerprint density at radius 2 is 2.25 bits per heavy atom. The minimum Gasteiger partial charge on any atom is -0.312 e. The summed E-state index contributed by atoms with van der Waals surface area (Å²) in [6, 6.07) is 4.53. The standard InChI is InChI=1S/C11H13ClN2O2/c12-11-4-3-10(14(15)16)5-9(11)7-13-6-8-1-2-8/h3-5,8,13H,1-2,6-7H2. The molecule has 0 aliphatic heterocycles. The highest BCUT2D eigenvalue weighted by atomic mass is 35.5. The van der Waals surface area contributed by atoms with Gasteiger partial charge in [0.15, 0.2) is 0 Å². The number of non-ortho nitro benzene ring substituents is 1. The van der Waals surface area contributed by atoms with E-state index in [9.17, 15) is 10.1 Å². The molecule has 1 aromatic carbocycles. The van der Waals surface area contributed by atoms with E-state index in [4.69, 9.17) is 11.6 Å². The summed E-state index contributed by atoms with van der Waals surface area (Å²) in [6.07, 6.45) is 2.57. The number of nitro groups is 1. The molecule has 86 valence electrons. The van der Waals surface area contributed by atoms with Crippen molar-refractivity contribution < 1.29 is 4.92 Å². The molecule has 0 unspecified atom stereocenters. The molecule has 16 heavy (non-hydrogen) atoms. The monoisotopic (exact) mass is 240 g/mol. The number of halogens is 1. The first kappa shape index (κ1) is 11.4. The topological polar surface area (TPSA) is 55.2 Å². The molecule has 0 aromatic heterocycles. The molecule has 0 radical (unpaired) electrons. The van der Waals surface area contributed by atoms with E-state index in [1.165, 1.54) is 25.0 Å². The van der Waals surface area contributed by atoms with Gasteiger partial charge in [0.05, 0.1) is 4.92 Å². The molecule has 0 amide bonds. The smallest absolute Gasteiger partial charge is 0.269 e. The summed E-state index contributed by atoms with van der Waals surface area (Å²) in [5, 5.41) is 14.4. The van der Waals surface area contributed by atoms with Crippen LogP contribution in [0.25, 0.3) is 0 Å². The molecule has 0 bridgehead atoms. The molecule has 1 fully saturated rings.